The maximum Gasteiger partial charge on any atom is 0.416 e. The molecular weight excluding hydrogens is 389 g/mol. The van der Waals surface area contributed by atoms with Crippen LogP contribution in [0.5, 0.6) is 0 Å². The Bertz CT molecular complexity index is 1010. The van der Waals surface area contributed by atoms with Crippen LogP contribution in [-0.2, 0) is 11.0 Å². The second kappa shape index (κ2) is 7.53. The number of tetrazole rings is 1. The average Bonchev–Trinajstić information content (AvgIpc) is 3.19. The monoisotopic (exact) mass is 406 g/mol. The van der Waals surface area contributed by atoms with Gasteiger partial charge >= 0.3 is 6.18 Å². The van der Waals surface area contributed by atoms with E-state index in [-0.39, 0.29) is 17.5 Å². The summed E-state index contributed by atoms with van der Waals surface area (Å²) in [7, 11) is 0. The largest absolute Gasteiger partial charge is 0.416 e. The van der Waals surface area contributed by atoms with E-state index in [1.54, 1.807) is 6.07 Å². The fourth-order valence-corrected chi connectivity index (χ4v) is 3.19. The molecule has 0 unspecified atom stereocenters. The molecule has 1 saturated heterocycles. The molecule has 12 heteroatoms. The Morgan fingerprint density at radius 3 is 2.69 bits per heavy atom. The van der Waals surface area contributed by atoms with Crippen LogP contribution in [0.2, 0.25) is 0 Å². The van der Waals surface area contributed by atoms with Crippen molar-refractivity contribution in [2.45, 2.75) is 19.0 Å². The number of amides is 1. The Kier molecular flexibility index (Phi) is 4.91. The molecule has 3 heterocycles. The Morgan fingerprint density at radius 1 is 1.14 bits per heavy atom. The average molecular weight is 406 g/mol. The molecular formula is C17H17F3N8O. The molecule has 0 spiro atoms. The predicted octanol–water partition coefficient (Wildman–Crippen LogP) is 1.90. The van der Waals surface area contributed by atoms with Gasteiger partial charge in [0.05, 0.1) is 11.3 Å². The lowest BCUT2D eigenvalue weighted by molar-refractivity contribution is -0.137. The van der Waals surface area contributed by atoms with E-state index in [0.29, 0.717) is 37.4 Å². The third kappa shape index (κ3) is 4.20. The van der Waals surface area contributed by atoms with Gasteiger partial charge in [-0.1, -0.05) is 6.07 Å². The van der Waals surface area contributed by atoms with Crippen molar-refractivity contribution in [2.75, 3.05) is 23.4 Å². The van der Waals surface area contributed by atoms with Crippen LogP contribution in [0.3, 0.4) is 0 Å². The quantitative estimate of drug-likeness (QED) is 0.639. The Balaban J connectivity index is 1.31. The number of halogens is 3. The zero-order chi connectivity index (χ0) is 20.4. The van der Waals surface area contributed by atoms with Crippen molar-refractivity contribution in [3.8, 4) is 0 Å². The van der Waals surface area contributed by atoms with Crippen molar-refractivity contribution < 1.29 is 18.0 Å². The number of hydrogen-bond acceptors (Lipinski definition) is 7. The van der Waals surface area contributed by atoms with Gasteiger partial charge in [-0.25, -0.2) is 0 Å². The van der Waals surface area contributed by atoms with Crippen LogP contribution in [0.4, 0.5) is 24.7 Å². The summed E-state index contributed by atoms with van der Waals surface area (Å²) in [6, 6.07) is 8.25. The fraction of sp³-hybridized carbons (Fsp3) is 0.353. The highest BCUT2D eigenvalue weighted by atomic mass is 19.4. The number of alkyl halides is 3. The van der Waals surface area contributed by atoms with Gasteiger partial charge in [-0.3, -0.25) is 15.6 Å². The van der Waals surface area contributed by atoms with Crippen molar-refractivity contribution in [3.63, 3.8) is 0 Å². The second-order valence-corrected chi connectivity index (χ2v) is 6.67. The number of carbonyl (C=O) groups is 1. The molecule has 1 fully saturated rings. The molecule has 9 nitrogen and oxygen atoms in total. The normalized spacial score (nSPS) is 15.5. The summed E-state index contributed by atoms with van der Waals surface area (Å²) in [6.07, 6.45) is -3.26. The molecule has 29 heavy (non-hydrogen) atoms. The summed E-state index contributed by atoms with van der Waals surface area (Å²) >= 11 is 0. The SMILES string of the molecule is O=C(NNc1cccc(C(F)(F)F)c1)C1CCN(c2ccc3nnnn3n2)CC1. The van der Waals surface area contributed by atoms with Crippen LogP contribution >= 0.6 is 0 Å². The summed E-state index contributed by atoms with van der Waals surface area (Å²) in [5.41, 5.74) is 5.00. The van der Waals surface area contributed by atoms with Crippen molar-refractivity contribution >= 4 is 23.1 Å². The number of aromatic nitrogens is 5. The van der Waals surface area contributed by atoms with Crippen molar-refractivity contribution in [3.05, 3.63) is 42.0 Å². The highest BCUT2D eigenvalue weighted by molar-refractivity contribution is 5.80. The summed E-state index contributed by atoms with van der Waals surface area (Å²) in [5.74, 6) is 0.206. The number of hydrogen-bond donors (Lipinski definition) is 2. The lowest BCUT2D eigenvalue weighted by Gasteiger charge is -2.31. The van der Waals surface area contributed by atoms with Crippen molar-refractivity contribution in [2.24, 2.45) is 5.92 Å². The van der Waals surface area contributed by atoms with Gasteiger partial charge in [0.2, 0.25) is 5.91 Å². The van der Waals surface area contributed by atoms with Gasteiger partial charge in [-0.15, -0.1) is 14.8 Å². The van der Waals surface area contributed by atoms with Crippen molar-refractivity contribution in [1.29, 1.82) is 0 Å². The first-order valence-corrected chi connectivity index (χ1v) is 8.94. The minimum Gasteiger partial charge on any atom is -0.355 e. The van der Waals surface area contributed by atoms with E-state index in [4.69, 9.17) is 0 Å². The highest BCUT2D eigenvalue weighted by Gasteiger charge is 2.30. The molecule has 1 aliphatic rings. The van der Waals surface area contributed by atoms with Crippen LogP contribution in [0.1, 0.15) is 18.4 Å². The summed E-state index contributed by atoms with van der Waals surface area (Å²) in [6.45, 7) is 1.23. The Labute approximate surface area is 162 Å². The van der Waals surface area contributed by atoms with Gasteiger partial charge in [0.15, 0.2) is 11.5 Å². The van der Waals surface area contributed by atoms with Gasteiger partial charge in [0, 0.05) is 19.0 Å². The van der Waals surface area contributed by atoms with Gasteiger partial charge in [-0.05, 0) is 53.6 Å². The molecule has 3 aromatic rings. The second-order valence-electron chi connectivity index (χ2n) is 6.67. The molecule has 0 atom stereocenters. The molecule has 2 N–H and O–H groups in total. The van der Waals surface area contributed by atoms with E-state index in [2.05, 4.69) is 31.5 Å². The number of rotatable bonds is 4. The van der Waals surface area contributed by atoms with E-state index in [1.807, 2.05) is 11.0 Å². The number of anilines is 2. The summed E-state index contributed by atoms with van der Waals surface area (Å²) in [4.78, 5) is 14.4. The third-order valence-electron chi connectivity index (χ3n) is 4.77. The topological polar surface area (TPSA) is 100 Å². The van der Waals surface area contributed by atoms with E-state index in [1.165, 1.54) is 16.8 Å². The molecule has 0 aliphatic carbocycles. The van der Waals surface area contributed by atoms with Crippen molar-refractivity contribution in [1.82, 2.24) is 30.7 Å². The van der Waals surface area contributed by atoms with E-state index < -0.39 is 11.7 Å². The minimum absolute atomic E-state index is 0.171. The zero-order valence-corrected chi connectivity index (χ0v) is 15.1. The molecule has 152 valence electrons. The number of benzene rings is 1. The van der Waals surface area contributed by atoms with Gasteiger partial charge in [0.1, 0.15) is 0 Å². The molecule has 0 saturated carbocycles. The zero-order valence-electron chi connectivity index (χ0n) is 15.1. The molecule has 4 rings (SSSR count). The maximum absolute atomic E-state index is 12.8. The van der Waals surface area contributed by atoms with Gasteiger partial charge < -0.3 is 4.90 Å². The molecule has 1 amide bonds. The molecule has 1 aromatic carbocycles. The van der Waals surface area contributed by atoms with Crippen LogP contribution in [0.25, 0.3) is 5.65 Å². The van der Waals surface area contributed by atoms with Crippen LogP contribution in [0, 0.1) is 5.92 Å². The predicted molar refractivity (Wildman–Crippen MR) is 96.7 cm³/mol. The van der Waals surface area contributed by atoms with E-state index in [0.717, 1.165) is 12.1 Å². The highest BCUT2D eigenvalue weighted by Crippen LogP contribution is 2.30. The number of nitrogens with zero attached hydrogens (tertiary/aromatic N) is 6. The first-order chi connectivity index (χ1) is 13.9. The maximum atomic E-state index is 12.8. The fourth-order valence-electron chi connectivity index (χ4n) is 3.19. The van der Waals surface area contributed by atoms with E-state index in [9.17, 15) is 18.0 Å². The number of hydrazine groups is 1. The minimum atomic E-state index is -4.44. The smallest absolute Gasteiger partial charge is 0.355 e. The first-order valence-electron chi connectivity index (χ1n) is 8.94. The van der Waals surface area contributed by atoms with Gasteiger partial charge in [0.25, 0.3) is 0 Å². The molecule has 2 aromatic heterocycles. The number of nitrogens with one attached hydrogen (secondary N) is 2. The van der Waals surface area contributed by atoms with E-state index >= 15 is 0 Å². The number of fused-ring (bicyclic) bond motifs is 1. The van der Waals surface area contributed by atoms with Crippen LogP contribution in [0.15, 0.2) is 36.4 Å². The first kappa shape index (κ1) is 18.9. The Morgan fingerprint density at radius 2 is 1.93 bits per heavy atom. The molecule has 0 radical (unpaired) electrons. The molecule has 1 aliphatic heterocycles. The number of carbonyl (C=O) groups excluding carboxylic acids is 1. The molecule has 0 bridgehead atoms. The summed E-state index contributed by atoms with van der Waals surface area (Å²) in [5, 5.41) is 15.5. The summed E-state index contributed by atoms with van der Waals surface area (Å²) < 4.78 is 39.6. The lowest BCUT2D eigenvalue weighted by Crippen LogP contribution is -2.42. The van der Waals surface area contributed by atoms with Gasteiger partial charge in [-0.2, -0.15) is 13.2 Å². The lowest BCUT2D eigenvalue weighted by atomic mass is 9.96. The Hall–Kier alpha value is -3.44. The standard InChI is InChI=1S/C17H17F3N8O/c18-17(19,20)12-2-1-3-13(10-12)21-23-16(29)11-6-8-27(9-7-11)15-5-4-14-22-25-26-28(14)24-15/h1-5,10-11,21H,6-9H2,(H,23,29). The van der Waals surface area contributed by atoms with Crippen LogP contribution in [-0.4, -0.2) is 44.3 Å². The number of piperidine rings is 1. The third-order valence-corrected chi connectivity index (χ3v) is 4.77. The van der Waals surface area contributed by atoms with Crippen LogP contribution < -0.4 is 15.8 Å².